The van der Waals surface area contributed by atoms with Gasteiger partial charge < -0.3 is 14.8 Å². The summed E-state index contributed by atoms with van der Waals surface area (Å²) in [6.07, 6.45) is 2.42. The Labute approximate surface area is 137 Å². The van der Waals surface area contributed by atoms with Crippen LogP contribution in [0.2, 0.25) is 0 Å². The zero-order chi connectivity index (χ0) is 15.9. The first-order valence-electron chi connectivity index (χ1n) is 6.84. The minimum Gasteiger partial charge on any atom is -0.497 e. The minimum atomic E-state index is -0.167. The third-order valence-corrected chi connectivity index (χ3v) is 3.81. The number of benzene rings is 1. The summed E-state index contributed by atoms with van der Waals surface area (Å²) < 4.78 is 12.5. The highest BCUT2D eigenvalue weighted by Crippen LogP contribution is 2.17. The predicted octanol–water partition coefficient (Wildman–Crippen LogP) is 2.43. The number of aromatic nitrogens is 2. The van der Waals surface area contributed by atoms with Crippen molar-refractivity contribution in [2.75, 3.05) is 25.6 Å². The van der Waals surface area contributed by atoms with Gasteiger partial charge in [-0.2, -0.15) is 5.10 Å². The predicted molar refractivity (Wildman–Crippen MR) is 88.8 cm³/mol. The van der Waals surface area contributed by atoms with E-state index in [0.717, 1.165) is 17.9 Å². The molecule has 0 radical (unpaired) electrons. The topological polar surface area (TPSA) is 65.4 Å². The molecule has 0 unspecified atom stereocenters. The number of ether oxygens (including phenoxy) is 2. The summed E-state index contributed by atoms with van der Waals surface area (Å²) in [5.74, 6) is 1.61. The fraction of sp³-hybridized carbons (Fsp3) is 0.333. The van der Waals surface area contributed by atoms with E-state index in [0.29, 0.717) is 23.3 Å². The summed E-state index contributed by atoms with van der Waals surface area (Å²) in [6, 6.07) is 7.45. The fourth-order valence-corrected chi connectivity index (χ4v) is 2.29. The lowest BCUT2D eigenvalue weighted by Crippen LogP contribution is -2.21. The molecule has 7 heteroatoms. The van der Waals surface area contributed by atoms with Gasteiger partial charge in [-0.05, 0) is 46.6 Å². The molecule has 118 valence electrons. The van der Waals surface area contributed by atoms with Crippen LogP contribution >= 0.6 is 15.9 Å². The van der Waals surface area contributed by atoms with E-state index >= 15 is 0 Å². The quantitative estimate of drug-likeness (QED) is 0.761. The number of rotatable bonds is 7. The number of hydrogen-bond donors (Lipinski definition) is 1. The van der Waals surface area contributed by atoms with Gasteiger partial charge >= 0.3 is 0 Å². The third-order valence-electron chi connectivity index (χ3n) is 3.04. The van der Waals surface area contributed by atoms with Gasteiger partial charge in [0.2, 0.25) is 0 Å². The molecule has 1 aromatic heterocycles. The molecule has 0 saturated heterocycles. The summed E-state index contributed by atoms with van der Waals surface area (Å²) >= 11 is 3.27. The van der Waals surface area contributed by atoms with Crippen LogP contribution < -0.4 is 20.3 Å². The van der Waals surface area contributed by atoms with E-state index in [9.17, 15) is 4.79 Å². The van der Waals surface area contributed by atoms with Crippen LogP contribution in [0.3, 0.4) is 0 Å². The van der Waals surface area contributed by atoms with Gasteiger partial charge in [0.15, 0.2) is 0 Å². The Morgan fingerprint density at radius 3 is 2.64 bits per heavy atom. The van der Waals surface area contributed by atoms with Gasteiger partial charge in [0.25, 0.3) is 5.56 Å². The lowest BCUT2D eigenvalue weighted by atomic mass is 10.3. The number of aryl methyl sites for hydroxylation is 1. The molecule has 0 bridgehead atoms. The summed E-state index contributed by atoms with van der Waals surface area (Å²) in [5, 5.41) is 7.13. The minimum absolute atomic E-state index is 0.167. The zero-order valence-electron chi connectivity index (χ0n) is 12.5. The Hall–Kier alpha value is -2.02. The molecule has 1 aromatic carbocycles. The van der Waals surface area contributed by atoms with Gasteiger partial charge in [-0.3, -0.25) is 4.79 Å². The van der Waals surface area contributed by atoms with Crippen LogP contribution in [0.25, 0.3) is 0 Å². The molecule has 0 aliphatic rings. The first-order chi connectivity index (χ1) is 10.6. The van der Waals surface area contributed by atoms with E-state index in [2.05, 4.69) is 26.3 Å². The fourth-order valence-electron chi connectivity index (χ4n) is 1.79. The van der Waals surface area contributed by atoms with Crippen molar-refractivity contribution < 1.29 is 9.47 Å². The normalized spacial score (nSPS) is 10.3. The van der Waals surface area contributed by atoms with Gasteiger partial charge in [-0.1, -0.05) is 0 Å². The first-order valence-corrected chi connectivity index (χ1v) is 7.63. The Kier molecular flexibility index (Phi) is 5.83. The molecule has 0 atom stereocenters. The number of methoxy groups -OCH3 is 1. The second-order valence-corrected chi connectivity index (χ2v) is 5.40. The average molecular weight is 368 g/mol. The average Bonchev–Trinajstić information content (AvgIpc) is 2.55. The van der Waals surface area contributed by atoms with Gasteiger partial charge in [-0.25, -0.2) is 4.68 Å². The zero-order valence-corrected chi connectivity index (χ0v) is 14.1. The second kappa shape index (κ2) is 7.84. The van der Waals surface area contributed by atoms with Crippen molar-refractivity contribution in [2.24, 2.45) is 7.05 Å². The Morgan fingerprint density at radius 2 is 1.95 bits per heavy atom. The Balaban J connectivity index is 1.75. The standard InChI is InChI=1S/C15H18BrN3O3/c1-19-15(20)14(16)13(10-18-19)17-8-3-9-22-12-6-4-11(21-2)5-7-12/h4-7,10,17H,3,8-9H2,1-2H3. The van der Waals surface area contributed by atoms with Gasteiger partial charge in [0, 0.05) is 13.6 Å². The number of hydrogen-bond acceptors (Lipinski definition) is 5. The Morgan fingerprint density at radius 1 is 1.27 bits per heavy atom. The van der Waals surface area contributed by atoms with Crippen LogP contribution in [0.5, 0.6) is 11.5 Å². The molecular formula is C15H18BrN3O3. The Bertz CT molecular complexity index is 671. The van der Waals surface area contributed by atoms with E-state index in [4.69, 9.17) is 9.47 Å². The highest BCUT2D eigenvalue weighted by Gasteiger charge is 2.05. The highest BCUT2D eigenvalue weighted by atomic mass is 79.9. The molecule has 6 nitrogen and oxygen atoms in total. The van der Waals surface area contributed by atoms with Crippen LogP contribution in [-0.2, 0) is 7.05 Å². The number of nitrogens with zero attached hydrogens (tertiary/aromatic N) is 2. The van der Waals surface area contributed by atoms with Crippen molar-refractivity contribution in [2.45, 2.75) is 6.42 Å². The molecule has 0 fully saturated rings. The summed E-state index contributed by atoms with van der Waals surface area (Å²) in [6.45, 7) is 1.26. The van der Waals surface area contributed by atoms with Crippen molar-refractivity contribution in [1.82, 2.24) is 9.78 Å². The number of halogens is 1. The van der Waals surface area contributed by atoms with Crippen molar-refractivity contribution in [3.63, 3.8) is 0 Å². The van der Waals surface area contributed by atoms with Crippen LogP contribution in [0.1, 0.15) is 6.42 Å². The van der Waals surface area contributed by atoms with E-state index in [1.807, 2.05) is 24.3 Å². The maximum absolute atomic E-state index is 11.7. The molecule has 0 aliphatic heterocycles. The maximum atomic E-state index is 11.7. The molecule has 0 saturated carbocycles. The lowest BCUT2D eigenvalue weighted by molar-refractivity contribution is 0.314. The largest absolute Gasteiger partial charge is 0.497 e. The molecule has 2 aromatic rings. The van der Waals surface area contributed by atoms with Crippen LogP contribution in [0.4, 0.5) is 5.69 Å². The van der Waals surface area contributed by atoms with Crippen LogP contribution in [0, 0.1) is 0 Å². The smallest absolute Gasteiger partial charge is 0.282 e. The first kappa shape index (κ1) is 16.4. The molecule has 1 heterocycles. The molecular weight excluding hydrogens is 350 g/mol. The van der Waals surface area contributed by atoms with Gasteiger partial charge in [0.1, 0.15) is 16.0 Å². The molecule has 0 aliphatic carbocycles. The highest BCUT2D eigenvalue weighted by molar-refractivity contribution is 9.10. The number of nitrogens with one attached hydrogen (secondary N) is 1. The monoisotopic (exact) mass is 367 g/mol. The molecule has 22 heavy (non-hydrogen) atoms. The van der Waals surface area contributed by atoms with Crippen molar-refractivity contribution in [1.29, 1.82) is 0 Å². The molecule has 1 N–H and O–H groups in total. The number of anilines is 1. The summed E-state index contributed by atoms with van der Waals surface area (Å²) in [7, 11) is 3.24. The summed E-state index contributed by atoms with van der Waals surface area (Å²) in [4.78, 5) is 11.7. The second-order valence-electron chi connectivity index (χ2n) is 4.61. The van der Waals surface area contributed by atoms with E-state index in [-0.39, 0.29) is 5.56 Å². The molecule has 0 amide bonds. The van der Waals surface area contributed by atoms with E-state index in [1.165, 1.54) is 4.68 Å². The summed E-state index contributed by atoms with van der Waals surface area (Å²) in [5.41, 5.74) is 0.520. The van der Waals surface area contributed by atoms with Gasteiger partial charge in [-0.15, -0.1) is 0 Å². The van der Waals surface area contributed by atoms with E-state index < -0.39 is 0 Å². The van der Waals surface area contributed by atoms with E-state index in [1.54, 1.807) is 20.4 Å². The third kappa shape index (κ3) is 4.24. The van der Waals surface area contributed by atoms with Gasteiger partial charge in [0.05, 0.1) is 25.6 Å². The lowest BCUT2D eigenvalue weighted by Gasteiger charge is -2.10. The molecule has 2 rings (SSSR count). The van der Waals surface area contributed by atoms with Crippen LogP contribution in [0.15, 0.2) is 39.7 Å². The van der Waals surface area contributed by atoms with Crippen LogP contribution in [-0.4, -0.2) is 30.0 Å². The SMILES string of the molecule is COc1ccc(OCCCNc2cnn(C)c(=O)c2Br)cc1. The van der Waals surface area contributed by atoms with Crippen molar-refractivity contribution >= 4 is 21.6 Å². The maximum Gasteiger partial charge on any atom is 0.282 e. The molecule has 0 spiro atoms. The van der Waals surface area contributed by atoms with Crippen molar-refractivity contribution in [3.05, 3.63) is 45.3 Å². The van der Waals surface area contributed by atoms with Crippen molar-refractivity contribution in [3.8, 4) is 11.5 Å².